The van der Waals surface area contributed by atoms with Crippen LogP contribution in [0.4, 0.5) is 0 Å². The number of carbonyl (C=O) groups is 1. The van der Waals surface area contributed by atoms with Crippen molar-refractivity contribution in [2.24, 2.45) is 0 Å². The Bertz CT molecular complexity index is 501. The highest BCUT2D eigenvalue weighted by Crippen LogP contribution is 2.23. The standard InChI is InChI=1S/C18H22O2/c1-3-5-6-11-16-12-7-8-13-17(16)14-9-10-15-18(19)20-4-2/h10,15H,3-5,7-8,12-13H2,1-2H3/b15-10+. The SMILES string of the molecule is CCCC#CC1=C(C#C/C=C/C(=O)OCC)CCCC1. The molecule has 0 radical (unpaired) electrons. The molecule has 0 spiro atoms. The molecule has 0 amide bonds. The third-order valence-corrected chi connectivity index (χ3v) is 2.89. The van der Waals surface area contributed by atoms with Gasteiger partial charge in [0.1, 0.15) is 0 Å². The molecule has 106 valence electrons. The van der Waals surface area contributed by atoms with Crippen LogP contribution in [0.15, 0.2) is 23.3 Å². The highest BCUT2D eigenvalue weighted by atomic mass is 16.5. The topological polar surface area (TPSA) is 26.3 Å². The monoisotopic (exact) mass is 270 g/mol. The Labute approximate surface area is 122 Å². The van der Waals surface area contributed by atoms with Gasteiger partial charge >= 0.3 is 5.97 Å². The lowest BCUT2D eigenvalue weighted by Gasteiger charge is -2.11. The Balaban J connectivity index is 2.72. The third-order valence-electron chi connectivity index (χ3n) is 2.89. The van der Waals surface area contributed by atoms with E-state index in [1.807, 2.05) is 0 Å². The molecule has 2 nitrogen and oxygen atoms in total. The van der Waals surface area contributed by atoms with Crippen LogP contribution in [-0.2, 0) is 9.53 Å². The van der Waals surface area contributed by atoms with Crippen molar-refractivity contribution >= 4 is 5.97 Å². The molecule has 0 N–H and O–H groups in total. The average Bonchev–Trinajstić information content (AvgIpc) is 2.45. The fraction of sp³-hybridized carbons (Fsp3) is 0.500. The highest BCUT2D eigenvalue weighted by molar-refractivity contribution is 5.82. The molecule has 0 fully saturated rings. The van der Waals surface area contributed by atoms with Gasteiger partial charge in [0.25, 0.3) is 0 Å². The van der Waals surface area contributed by atoms with E-state index in [0.717, 1.165) is 31.3 Å². The third kappa shape index (κ3) is 6.30. The van der Waals surface area contributed by atoms with Crippen molar-refractivity contribution in [1.29, 1.82) is 0 Å². The van der Waals surface area contributed by atoms with Crippen LogP contribution in [-0.4, -0.2) is 12.6 Å². The van der Waals surface area contributed by atoms with Gasteiger partial charge in [0, 0.05) is 23.6 Å². The summed E-state index contributed by atoms with van der Waals surface area (Å²) in [6, 6.07) is 0. The summed E-state index contributed by atoms with van der Waals surface area (Å²) in [4.78, 5) is 11.1. The van der Waals surface area contributed by atoms with Gasteiger partial charge in [0.15, 0.2) is 0 Å². The summed E-state index contributed by atoms with van der Waals surface area (Å²) in [5, 5.41) is 0. The normalized spacial score (nSPS) is 14.3. The second-order valence-electron chi connectivity index (χ2n) is 4.57. The number of unbranched alkanes of at least 4 members (excludes halogenated alkanes) is 1. The highest BCUT2D eigenvalue weighted by Gasteiger charge is 2.08. The largest absolute Gasteiger partial charge is 0.463 e. The van der Waals surface area contributed by atoms with E-state index in [0.29, 0.717) is 6.61 Å². The van der Waals surface area contributed by atoms with Crippen LogP contribution < -0.4 is 0 Å². The maximum Gasteiger partial charge on any atom is 0.331 e. The molecule has 0 heterocycles. The zero-order chi connectivity index (χ0) is 14.6. The zero-order valence-corrected chi connectivity index (χ0v) is 12.4. The molecule has 20 heavy (non-hydrogen) atoms. The smallest absolute Gasteiger partial charge is 0.331 e. The van der Waals surface area contributed by atoms with E-state index in [1.165, 1.54) is 24.5 Å². The molecule has 0 aromatic heterocycles. The predicted octanol–water partition coefficient (Wildman–Crippen LogP) is 3.78. The molecular weight excluding hydrogens is 248 g/mol. The van der Waals surface area contributed by atoms with Gasteiger partial charge in [-0.2, -0.15) is 0 Å². The molecule has 1 aliphatic rings. The van der Waals surface area contributed by atoms with Crippen molar-refractivity contribution in [2.75, 3.05) is 6.61 Å². The van der Waals surface area contributed by atoms with E-state index in [4.69, 9.17) is 4.74 Å². The maximum atomic E-state index is 11.1. The first-order valence-electron chi connectivity index (χ1n) is 7.33. The molecule has 0 atom stereocenters. The van der Waals surface area contributed by atoms with Gasteiger partial charge in [-0.25, -0.2) is 4.79 Å². The molecule has 1 aliphatic carbocycles. The Morgan fingerprint density at radius 3 is 2.55 bits per heavy atom. The molecule has 0 saturated carbocycles. The Hall–Kier alpha value is -1.93. The first kappa shape index (κ1) is 16.1. The van der Waals surface area contributed by atoms with E-state index in [-0.39, 0.29) is 5.97 Å². The molecule has 1 rings (SSSR count). The average molecular weight is 270 g/mol. The van der Waals surface area contributed by atoms with Crippen molar-refractivity contribution in [3.63, 3.8) is 0 Å². The van der Waals surface area contributed by atoms with Gasteiger partial charge in [-0.05, 0) is 45.1 Å². The summed E-state index contributed by atoms with van der Waals surface area (Å²) in [6.45, 7) is 4.30. The minimum atomic E-state index is -0.345. The van der Waals surface area contributed by atoms with E-state index < -0.39 is 0 Å². The van der Waals surface area contributed by atoms with Crippen molar-refractivity contribution in [1.82, 2.24) is 0 Å². The Kier molecular flexibility index (Phi) is 8.01. The summed E-state index contributed by atoms with van der Waals surface area (Å²) < 4.78 is 4.79. The molecule has 0 aromatic carbocycles. The van der Waals surface area contributed by atoms with Crippen LogP contribution in [0.2, 0.25) is 0 Å². The molecule has 2 heteroatoms. The van der Waals surface area contributed by atoms with Gasteiger partial charge in [-0.3, -0.25) is 0 Å². The van der Waals surface area contributed by atoms with E-state index in [2.05, 4.69) is 30.6 Å². The summed E-state index contributed by atoms with van der Waals surface area (Å²) >= 11 is 0. The molecule has 0 saturated heterocycles. The van der Waals surface area contributed by atoms with Crippen LogP contribution in [0, 0.1) is 23.7 Å². The quantitative estimate of drug-likeness (QED) is 0.443. The van der Waals surface area contributed by atoms with Crippen LogP contribution in [0.25, 0.3) is 0 Å². The van der Waals surface area contributed by atoms with Gasteiger partial charge in [-0.1, -0.05) is 30.6 Å². The summed E-state index contributed by atoms with van der Waals surface area (Å²) in [5.41, 5.74) is 2.31. The number of hydrogen-bond donors (Lipinski definition) is 0. The Morgan fingerprint density at radius 1 is 1.20 bits per heavy atom. The van der Waals surface area contributed by atoms with E-state index in [1.54, 1.807) is 13.0 Å². The lowest BCUT2D eigenvalue weighted by atomic mass is 9.92. The summed E-state index contributed by atoms with van der Waals surface area (Å²) in [5.74, 6) is 12.1. The summed E-state index contributed by atoms with van der Waals surface area (Å²) in [7, 11) is 0. The minimum Gasteiger partial charge on any atom is -0.463 e. The molecule has 0 unspecified atom stereocenters. The summed E-state index contributed by atoms with van der Waals surface area (Å²) in [6.07, 6.45) is 9.33. The predicted molar refractivity (Wildman–Crippen MR) is 81.7 cm³/mol. The van der Waals surface area contributed by atoms with Crippen LogP contribution in [0.3, 0.4) is 0 Å². The molecule has 0 bridgehead atoms. The van der Waals surface area contributed by atoms with Gasteiger partial charge in [0.2, 0.25) is 0 Å². The number of rotatable bonds is 3. The van der Waals surface area contributed by atoms with Crippen molar-refractivity contribution in [2.45, 2.75) is 52.4 Å². The Morgan fingerprint density at radius 2 is 1.90 bits per heavy atom. The van der Waals surface area contributed by atoms with Crippen LogP contribution in [0.5, 0.6) is 0 Å². The van der Waals surface area contributed by atoms with Crippen molar-refractivity contribution in [3.8, 4) is 23.7 Å². The molecule has 0 aromatic rings. The second kappa shape index (κ2) is 9.93. The lowest BCUT2D eigenvalue weighted by Crippen LogP contribution is -1.98. The van der Waals surface area contributed by atoms with Gasteiger partial charge in [0.05, 0.1) is 6.61 Å². The zero-order valence-electron chi connectivity index (χ0n) is 12.4. The number of esters is 1. The fourth-order valence-corrected chi connectivity index (χ4v) is 1.90. The first-order chi connectivity index (χ1) is 9.77. The van der Waals surface area contributed by atoms with Crippen molar-refractivity contribution < 1.29 is 9.53 Å². The second-order valence-corrected chi connectivity index (χ2v) is 4.57. The van der Waals surface area contributed by atoms with Crippen molar-refractivity contribution in [3.05, 3.63) is 23.3 Å². The fourth-order valence-electron chi connectivity index (χ4n) is 1.90. The van der Waals surface area contributed by atoms with Crippen LogP contribution >= 0.6 is 0 Å². The first-order valence-corrected chi connectivity index (χ1v) is 7.33. The minimum absolute atomic E-state index is 0.345. The van der Waals surface area contributed by atoms with Gasteiger partial charge in [-0.15, -0.1) is 0 Å². The molecule has 0 aliphatic heterocycles. The number of hydrogen-bond acceptors (Lipinski definition) is 2. The van der Waals surface area contributed by atoms with Crippen LogP contribution in [0.1, 0.15) is 52.4 Å². The van der Waals surface area contributed by atoms with E-state index in [9.17, 15) is 4.79 Å². The number of carbonyl (C=O) groups excluding carboxylic acids is 1. The molecular formula is C18H22O2. The number of ether oxygens (including phenoxy) is 1. The number of allylic oxidation sites excluding steroid dienone is 3. The lowest BCUT2D eigenvalue weighted by molar-refractivity contribution is -0.137. The maximum absolute atomic E-state index is 11.1. The van der Waals surface area contributed by atoms with Gasteiger partial charge < -0.3 is 4.74 Å². The van der Waals surface area contributed by atoms with E-state index >= 15 is 0 Å².